The molecule has 39 heavy (non-hydrogen) atoms. The van der Waals surface area contributed by atoms with E-state index in [9.17, 15) is 4.79 Å². The van der Waals surface area contributed by atoms with Crippen molar-refractivity contribution >= 4 is 5.97 Å². The molecule has 0 aromatic carbocycles. The van der Waals surface area contributed by atoms with Crippen LogP contribution in [0.3, 0.4) is 0 Å². The van der Waals surface area contributed by atoms with Crippen molar-refractivity contribution in [2.45, 2.75) is 131 Å². The predicted molar refractivity (Wildman–Crippen MR) is 160 cm³/mol. The van der Waals surface area contributed by atoms with Gasteiger partial charge in [-0.1, -0.05) is 53.2 Å². The maximum atomic E-state index is 12.3. The quantitative estimate of drug-likeness (QED) is 0.358. The Morgan fingerprint density at radius 2 is 1.74 bits per heavy atom. The number of rotatable bonds is 5. The Kier molecular flexibility index (Phi) is 7.21. The topological polar surface area (TPSA) is 38.3 Å². The zero-order valence-electron chi connectivity index (χ0n) is 26.0. The molecule has 6 rings (SSSR count). The second-order valence-electron chi connectivity index (χ2n) is 15.5. The number of nitrogens with one attached hydrogen (secondary N) is 1. The first-order valence-electron chi connectivity index (χ1n) is 16.9. The van der Waals surface area contributed by atoms with Crippen molar-refractivity contribution in [3.8, 4) is 0 Å². The molecule has 4 saturated carbocycles. The Morgan fingerprint density at radius 3 is 2.46 bits per heavy atom. The number of ether oxygens (including phenoxy) is 1. The minimum atomic E-state index is 0.00439. The highest BCUT2D eigenvalue weighted by Crippen LogP contribution is 2.75. The van der Waals surface area contributed by atoms with Gasteiger partial charge >= 0.3 is 5.97 Å². The van der Waals surface area contributed by atoms with E-state index in [1.807, 2.05) is 6.92 Å². The van der Waals surface area contributed by atoms with Gasteiger partial charge in [0.05, 0.1) is 12.5 Å². The van der Waals surface area contributed by atoms with Crippen LogP contribution in [0.5, 0.6) is 0 Å². The molecular formula is C36H57NO2. The molecule has 218 valence electrons. The minimum absolute atomic E-state index is 0.00439. The highest BCUT2D eigenvalue weighted by Gasteiger charge is 2.68. The van der Waals surface area contributed by atoms with Crippen molar-refractivity contribution in [3.63, 3.8) is 0 Å². The Labute approximate surface area is 239 Å². The van der Waals surface area contributed by atoms with E-state index in [1.54, 1.807) is 11.1 Å². The van der Waals surface area contributed by atoms with Gasteiger partial charge in [0.25, 0.3) is 0 Å². The molecule has 0 heterocycles. The van der Waals surface area contributed by atoms with E-state index in [2.05, 4.69) is 52.1 Å². The Hall–Kier alpha value is -1.09. The molecule has 0 bridgehead atoms. The largest absolute Gasteiger partial charge is 0.466 e. The Balaban J connectivity index is 1.24. The molecule has 0 saturated heterocycles. The van der Waals surface area contributed by atoms with E-state index in [4.69, 9.17) is 4.74 Å². The molecular weight excluding hydrogens is 478 g/mol. The molecule has 4 fully saturated rings. The lowest BCUT2D eigenvalue weighted by molar-refractivity contribution is -0.212. The predicted octanol–water partition coefficient (Wildman–Crippen LogP) is 8.64. The summed E-state index contributed by atoms with van der Waals surface area (Å²) in [5.74, 6) is 4.12. The van der Waals surface area contributed by atoms with Crippen LogP contribution in [0.15, 0.2) is 23.3 Å². The van der Waals surface area contributed by atoms with Crippen molar-refractivity contribution in [1.82, 2.24) is 5.32 Å². The number of esters is 1. The lowest BCUT2D eigenvalue weighted by atomic mass is 9.34. The summed E-state index contributed by atoms with van der Waals surface area (Å²) in [6.45, 7) is 16.7. The fraction of sp³-hybridized carbons (Fsp3) is 0.861. The monoisotopic (exact) mass is 535 g/mol. The maximum Gasteiger partial charge on any atom is 0.309 e. The van der Waals surface area contributed by atoms with E-state index in [0.717, 1.165) is 49.5 Å². The number of carbonyl (C=O) groups is 1. The summed E-state index contributed by atoms with van der Waals surface area (Å²) in [6.07, 6.45) is 22.0. The van der Waals surface area contributed by atoms with Crippen molar-refractivity contribution in [2.75, 3.05) is 13.2 Å². The average molecular weight is 536 g/mol. The molecule has 3 nitrogen and oxygen atoms in total. The van der Waals surface area contributed by atoms with Gasteiger partial charge in [-0.15, -0.1) is 0 Å². The van der Waals surface area contributed by atoms with Crippen LogP contribution in [0.1, 0.15) is 125 Å². The third-order valence-electron chi connectivity index (χ3n) is 14.5. The van der Waals surface area contributed by atoms with Crippen molar-refractivity contribution in [1.29, 1.82) is 0 Å². The van der Waals surface area contributed by atoms with Gasteiger partial charge in [0.2, 0.25) is 0 Å². The smallest absolute Gasteiger partial charge is 0.309 e. The first-order chi connectivity index (χ1) is 18.6. The molecule has 0 aliphatic heterocycles. The molecule has 0 spiro atoms. The van der Waals surface area contributed by atoms with Crippen LogP contribution < -0.4 is 5.32 Å². The summed E-state index contributed by atoms with van der Waals surface area (Å²) in [5.41, 5.74) is 4.98. The summed E-state index contributed by atoms with van der Waals surface area (Å²) < 4.78 is 5.33. The van der Waals surface area contributed by atoms with Crippen LogP contribution in [0.25, 0.3) is 0 Å². The molecule has 3 heteroatoms. The first kappa shape index (κ1) is 28.0. The molecule has 0 aromatic rings. The molecule has 0 radical (unpaired) electrons. The Bertz CT molecular complexity index is 1030. The summed E-state index contributed by atoms with van der Waals surface area (Å²) in [5, 5.41) is 4.07. The summed E-state index contributed by atoms with van der Waals surface area (Å²) in [6, 6.07) is 0. The third-order valence-corrected chi connectivity index (χ3v) is 14.5. The van der Waals surface area contributed by atoms with Gasteiger partial charge in [-0.3, -0.25) is 4.79 Å². The minimum Gasteiger partial charge on any atom is -0.466 e. The van der Waals surface area contributed by atoms with Crippen LogP contribution in [0.2, 0.25) is 0 Å². The lowest BCUT2D eigenvalue weighted by Gasteiger charge is -2.71. The van der Waals surface area contributed by atoms with Gasteiger partial charge in [0.15, 0.2) is 0 Å². The van der Waals surface area contributed by atoms with Crippen molar-refractivity contribution < 1.29 is 9.53 Å². The van der Waals surface area contributed by atoms with Crippen LogP contribution >= 0.6 is 0 Å². The number of carbonyl (C=O) groups excluding carboxylic acids is 1. The zero-order valence-corrected chi connectivity index (χ0v) is 26.0. The molecule has 0 amide bonds. The van der Waals surface area contributed by atoms with E-state index < -0.39 is 0 Å². The number of allylic oxidation sites excluding steroid dienone is 4. The standard InChI is InChI=1S/C36H57NO2/c1-7-37-36-19-9-10-30(36)29-15-16-31-33(4)20-17-27(25-11-13-26(14-12-25)32(38)39-8-2)24(3)28(33)18-21-35(31,6)34(29,5)22-23-36/h11,17,24,26,28-31,37H,7-10,12-16,18-23H2,1-6H3/t24?,26?,28?,29?,30?,31?,33?,34-,35?,36+/m1/s1. The molecule has 0 aromatic heterocycles. The van der Waals surface area contributed by atoms with Crippen molar-refractivity contribution in [3.05, 3.63) is 23.3 Å². The summed E-state index contributed by atoms with van der Waals surface area (Å²) in [4.78, 5) is 12.3. The van der Waals surface area contributed by atoms with Gasteiger partial charge < -0.3 is 10.1 Å². The SMILES string of the molecule is CCN[C@]12CCCC1C1CCC3C4(C)CC=C(C5=CCC(C(=O)OCC)CC5)C(C)C4CCC3(C)[C@]1(C)CC2. The fourth-order valence-electron chi connectivity index (χ4n) is 12.5. The van der Waals surface area contributed by atoms with E-state index in [1.165, 1.54) is 64.2 Å². The molecule has 8 unspecified atom stereocenters. The van der Waals surface area contributed by atoms with Gasteiger partial charge in [-0.25, -0.2) is 0 Å². The lowest BCUT2D eigenvalue weighted by Crippen LogP contribution is -2.66. The average Bonchev–Trinajstić information content (AvgIpc) is 3.33. The van der Waals surface area contributed by atoms with Gasteiger partial charge in [-0.2, -0.15) is 0 Å². The van der Waals surface area contributed by atoms with Crippen molar-refractivity contribution in [2.24, 2.45) is 51.8 Å². The van der Waals surface area contributed by atoms with Crippen LogP contribution in [-0.2, 0) is 9.53 Å². The Morgan fingerprint density at radius 1 is 0.923 bits per heavy atom. The van der Waals surface area contributed by atoms with E-state index >= 15 is 0 Å². The molecule has 6 aliphatic rings. The highest BCUT2D eigenvalue weighted by molar-refractivity contribution is 5.73. The molecule has 1 N–H and O–H groups in total. The summed E-state index contributed by atoms with van der Waals surface area (Å²) >= 11 is 0. The van der Waals surface area contributed by atoms with Gasteiger partial charge in [0.1, 0.15) is 0 Å². The summed E-state index contributed by atoms with van der Waals surface area (Å²) in [7, 11) is 0. The first-order valence-corrected chi connectivity index (χ1v) is 16.9. The third kappa shape index (κ3) is 4.01. The number of hydrogen-bond acceptors (Lipinski definition) is 3. The molecule has 10 atom stereocenters. The zero-order chi connectivity index (χ0) is 27.6. The van der Waals surface area contributed by atoms with Gasteiger partial charge in [-0.05, 0) is 147 Å². The fourth-order valence-corrected chi connectivity index (χ4v) is 12.5. The number of hydrogen-bond donors (Lipinski definition) is 1. The van der Waals surface area contributed by atoms with Crippen LogP contribution in [0.4, 0.5) is 0 Å². The van der Waals surface area contributed by atoms with Crippen LogP contribution in [0, 0.1) is 51.8 Å². The van der Waals surface area contributed by atoms with Gasteiger partial charge in [0, 0.05) is 5.54 Å². The number of fused-ring (bicyclic) bond motifs is 7. The van der Waals surface area contributed by atoms with E-state index in [-0.39, 0.29) is 11.9 Å². The maximum absolute atomic E-state index is 12.3. The highest BCUT2D eigenvalue weighted by atomic mass is 16.5. The second kappa shape index (κ2) is 10.0. The van der Waals surface area contributed by atoms with Crippen LogP contribution in [-0.4, -0.2) is 24.7 Å². The van der Waals surface area contributed by atoms with E-state index in [0.29, 0.717) is 34.3 Å². The normalized spacial score (nSPS) is 49.1. The molecule has 6 aliphatic carbocycles. The second-order valence-corrected chi connectivity index (χ2v) is 15.5.